The van der Waals surface area contributed by atoms with Crippen LogP contribution in [0, 0.1) is 23.2 Å². The molecule has 4 bridgehead atoms. The molecule has 4 aliphatic rings. The third-order valence-corrected chi connectivity index (χ3v) is 6.90. The minimum absolute atomic E-state index is 0.665. The maximum Gasteiger partial charge on any atom is 0.0111 e. The summed E-state index contributed by atoms with van der Waals surface area (Å²) < 4.78 is 0. The molecule has 0 aromatic heterocycles. The molecular formula is C17H29NS. The molecule has 4 aliphatic carbocycles. The van der Waals surface area contributed by atoms with Crippen LogP contribution in [0.2, 0.25) is 0 Å². The lowest BCUT2D eigenvalue weighted by Crippen LogP contribution is -2.55. The first-order chi connectivity index (χ1) is 9.22. The number of rotatable bonds is 7. The van der Waals surface area contributed by atoms with Crippen molar-refractivity contribution < 1.29 is 0 Å². The van der Waals surface area contributed by atoms with Crippen LogP contribution in [-0.4, -0.2) is 24.1 Å². The highest BCUT2D eigenvalue weighted by Gasteiger charge is 2.52. The van der Waals surface area contributed by atoms with Gasteiger partial charge in [0.1, 0.15) is 0 Å². The summed E-state index contributed by atoms with van der Waals surface area (Å²) in [5.74, 6) is 5.54. The van der Waals surface area contributed by atoms with Crippen molar-refractivity contribution in [1.29, 1.82) is 0 Å². The number of thioether (sulfide) groups is 1. The summed E-state index contributed by atoms with van der Waals surface area (Å²) in [4.78, 5) is 0. The van der Waals surface area contributed by atoms with E-state index in [-0.39, 0.29) is 0 Å². The minimum Gasteiger partial charge on any atom is -0.313 e. The predicted molar refractivity (Wildman–Crippen MR) is 85.6 cm³/mol. The Morgan fingerprint density at radius 2 is 1.79 bits per heavy atom. The second kappa shape index (κ2) is 5.81. The lowest BCUT2D eigenvalue weighted by Gasteiger charge is -2.59. The molecule has 0 radical (unpaired) electrons. The monoisotopic (exact) mass is 279 g/mol. The van der Waals surface area contributed by atoms with Gasteiger partial charge in [0.05, 0.1) is 0 Å². The third-order valence-electron chi connectivity index (χ3n) is 5.94. The van der Waals surface area contributed by atoms with E-state index in [1.807, 2.05) is 17.8 Å². The largest absolute Gasteiger partial charge is 0.313 e. The van der Waals surface area contributed by atoms with Gasteiger partial charge in [0, 0.05) is 24.1 Å². The highest BCUT2D eigenvalue weighted by Crippen LogP contribution is 2.61. The van der Waals surface area contributed by atoms with E-state index in [4.69, 9.17) is 0 Å². The van der Waals surface area contributed by atoms with Gasteiger partial charge in [-0.15, -0.1) is 6.58 Å². The fourth-order valence-electron chi connectivity index (χ4n) is 5.44. The molecule has 2 heteroatoms. The maximum absolute atomic E-state index is 3.84. The molecule has 19 heavy (non-hydrogen) atoms. The van der Waals surface area contributed by atoms with Gasteiger partial charge in [0.2, 0.25) is 0 Å². The topological polar surface area (TPSA) is 12.0 Å². The molecule has 0 amide bonds. The fraction of sp³-hybridized carbons (Fsp3) is 0.882. The Kier molecular flexibility index (Phi) is 4.28. The van der Waals surface area contributed by atoms with Crippen LogP contribution in [0.15, 0.2) is 12.7 Å². The van der Waals surface area contributed by atoms with E-state index in [2.05, 4.69) is 18.8 Å². The summed E-state index contributed by atoms with van der Waals surface area (Å²) >= 11 is 1.99. The van der Waals surface area contributed by atoms with Crippen LogP contribution < -0.4 is 5.32 Å². The second-order valence-electron chi connectivity index (χ2n) is 7.32. The lowest BCUT2D eigenvalue weighted by atomic mass is 9.48. The summed E-state index contributed by atoms with van der Waals surface area (Å²) in [6.07, 6.45) is 11.2. The molecule has 0 aliphatic heterocycles. The highest BCUT2D eigenvalue weighted by molar-refractivity contribution is 7.99. The van der Waals surface area contributed by atoms with Crippen LogP contribution in [0.3, 0.4) is 0 Å². The van der Waals surface area contributed by atoms with Crippen molar-refractivity contribution in [2.45, 2.75) is 51.5 Å². The van der Waals surface area contributed by atoms with Crippen LogP contribution >= 0.6 is 11.8 Å². The van der Waals surface area contributed by atoms with Gasteiger partial charge in [0.25, 0.3) is 0 Å². The maximum atomic E-state index is 3.84. The molecule has 1 atom stereocenters. The molecule has 4 saturated carbocycles. The van der Waals surface area contributed by atoms with E-state index in [9.17, 15) is 0 Å². The predicted octanol–water partition coefficient (Wildman–Crippen LogP) is 4.10. The molecule has 1 nitrogen and oxygen atoms in total. The first-order valence-corrected chi connectivity index (χ1v) is 9.29. The smallest absolute Gasteiger partial charge is 0.0111 e. The van der Waals surface area contributed by atoms with Crippen molar-refractivity contribution in [2.24, 2.45) is 23.2 Å². The number of nitrogens with one attached hydrogen (secondary N) is 1. The minimum atomic E-state index is 0.665. The van der Waals surface area contributed by atoms with Crippen LogP contribution in [0.25, 0.3) is 0 Å². The van der Waals surface area contributed by atoms with Crippen molar-refractivity contribution in [3.05, 3.63) is 12.7 Å². The highest BCUT2D eigenvalue weighted by atomic mass is 32.2. The molecule has 1 unspecified atom stereocenters. The summed E-state index contributed by atoms with van der Waals surface area (Å²) in [5.41, 5.74) is 0.665. The summed E-state index contributed by atoms with van der Waals surface area (Å²) in [7, 11) is 0. The van der Waals surface area contributed by atoms with Gasteiger partial charge in [-0.05, 0) is 68.6 Å². The van der Waals surface area contributed by atoms with E-state index >= 15 is 0 Å². The van der Waals surface area contributed by atoms with Gasteiger partial charge in [-0.1, -0.05) is 6.08 Å². The van der Waals surface area contributed by atoms with Crippen molar-refractivity contribution in [1.82, 2.24) is 5.32 Å². The molecule has 108 valence electrons. The summed E-state index contributed by atoms with van der Waals surface area (Å²) in [6.45, 7) is 7.41. The van der Waals surface area contributed by atoms with E-state index in [0.29, 0.717) is 5.41 Å². The van der Waals surface area contributed by atoms with Gasteiger partial charge in [0.15, 0.2) is 0 Å². The molecule has 4 rings (SSSR count). The van der Waals surface area contributed by atoms with Gasteiger partial charge in [-0.2, -0.15) is 11.8 Å². The van der Waals surface area contributed by atoms with E-state index in [1.54, 1.807) is 19.3 Å². The van der Waals surface area contributed by atoms with Crippen molar-refractivity contribution in [3.8, 4) is 0 Å². The van der Waals surface area contributed by atoms with Crippen LogP contribution in [0.4, 0.5) is 0 Å². The Morgan fingerprint density at radius 1 is 1.21 bits per heavy atom. The average molecular weight is 279 g/mol. The Bertz CT molecular complexity index is 290. The molecule has 0 aromatic rings. The Balaban J connectivity index is 1.51. The van der Waals surface area contributed by atoms with Crippen molar-refractivity contribution >= 4 is 11.8 Å². The average Bonchev–Trinajstić information content (AvgIpc) is 2.36. The van der Waals surface area contributed by atoms with Crippen LogP contribution in [0.1, 0.15) is 45.4 Å². The zero-order chi connectivity index (χ0) is 13.3. The number of hydrogen-bond donors (Lipinski definition) is 1. The van der Waals surface area contributed by atoms with E-state index in [0.717, 1.165) is 29.5 Å². The Morgan fingerprint density at radius 3 is 2.32 bits per heavy atom. The van der Waals surface area contributed by atoms with Crippen molar-refractivity contribution in [3.63, 3.8) is 0 Å². The summed E-state index contributed by atoms with van der Waals surface area (Å²) in [5, 5.41) is 3.84. The second-order valence-corrected chi connectivity index (χ2v) is 8.47. The Hall–Kier alpha value is 0.0500. The normalized spacial score (nSPS) is 41.4. The first kappa shape index (κ1) is 14.0. The van der Waals surface area contributed by atoms with Gasteiger partial charge in [-0.25, -0.2) is 0 Å². The zero-order valence-corrected chi connectivity index (χ0v) is 13.2. The molecule has 0 saturated heterocycles. The first-order valence-electron chi connectivity index (χ1n) is 8.14. The Labute approximate surface area is 123 Å². The molecule has 0 aromatic carbocycles. The van der Waals surface area contributed by atoms with Gasteiger partial charge >= 0.3 is 0 Å². The zero-order valence-electron chi connectivity index (χ0n) is 12.4. The third kappa shape index (κ3) is 2.90. The van der Waals surface area contributed by atoms with Crippen molar-refractivity contribution in [2.75, 3.05) is 18.1 Å². The SMILES string of the molecule is C=CCSCCNC(C)C12CC3CC(CC(C3)C1)C2. The molecular weight excluding hydrogens is 250 g/mol. The summed E-state index contributed by atoms with van der Waals surface area (Å²) in [6, 6.07) is 0.727. The quantitative estimate of drug-likeness (QED) is 0.556. The van der Waals surface area contributed by atoms with Gasteiger partial charge < -0.3 is 5.32 Å². The molecule has 1 N–H and O–H groups in total. The standard InChI is InChI=1S/C17H29NS/c1-3-5-19-6-4-18-13(2)17-10-14-7-15(11-17)9-16(8-14)12-17/h3,13-16,18H,1,4-12H2,2H3. The van der Waals surface area contributed by atoms with E-state index < -0.39 is 0 Å². The molecule has 0 spiro atoms. The van der Waals surface area contributed by atoms with Crippen LogP contribution in [0.5, 0.6) is 0 Å². The molecule has 4 fully saturated rings. The fourth-order valence-corrected chi connectivity index (χ4v) is 6.03. The van der Waals surface area contributed by atoms with Gasteiger partial charge in [-0.3, -0.25) is 0 Å². The lowest BCUT2D eigenvalue weighted by molar-refractivity contribution is -0.0700. The van der Waals surface area contributed by atoms with Crippen LogP contribution in [-0.2, 0) is 0 Å². The number of hydrogen-bond acceptors (Lipinski definition) is 2. The van der Waals surface area contributed by atoms with E-state index in [1.165, 1.54) is 31.6 Å². The molecule has 0 heterocycles.